The Morgan fingerprint density at radius 1 is 1.14 bits per heavy atom. The zero-order valence-corrected chi connectivity index (χ0v) is 20.3. The molecule has 0 aromatic heterocycles. The Bertz CT molecular complexity index is 1170. The van der Waals surface area contributed by atoms with Crippen molar-refractivity contribution in [3.8, 4) is 0 Å². The Balaban J connectivity index is 1.64. The van der Waals surface area contributed by atoms with Crippen molar-refractivity contribution in [3.63, 3.8) is 0 Å². The zero-order valence-electron chi connectivity index (χ0n) is 19.5. The van der Waals surface area contributed by atoms with Crippen molar-refractivity contribution in [1.82, 2.24) is 4.31 Å². The lowest BCUT2D eigenvalue weighted by Crippen LogP contribution is -2.45. The van der Waals surface area contributed by atoms with Crippen LogP contribution in [0.3, 0.4) is 0 Å². The summed E-state index contributed by atoms with van der Waals surface area (Å²) >= 11 is 0. The van der Waals surface area contributed by atoms with Gasteiger partial charge in [-0.15, -0.1) is 0 Å². The van der Waals surface area contributed by atoms with Crippen LogP contribution in [-0.2, 0) is 36.4 Å². The number of sulfonamides is 1. The third-order valence-electron chi connectivity index (χ3n) is 6.92. The van der Waals surface area contributed by atoms with E-state index >= 15 is 8.78 Å². The molecule has 10 heteroatoms. The van der Waals surface area contributed by atoms with Crippen LogP contribution in [-0.4, -0.2) is 49.7 Å². The first-order valence-corrected chi connectivity index (χ1v) is 13.1. The average Bonchev–Trinajstić information content (AvgIpc) is 2.83. The van der Waals surface area contributed by atoms with Crippen LogP contribution < -0.4 is 0 Å². The van der Waals surface area contributed by atoms with E-state index in [1.54, 1.807) is 31.2 Å². The third-order valence-corrected chi connectivity index (χ3v) is 9.29. The highest BCUT2D eigenvalue weighted by molar-refractivity contribution is 7.89. The Hall–Kier alpha value is -2.40. The summed E-state index contributed by atoms with van der Waals surface area (Å²) in [5, 5.41) is 8.30. The number of carboxylic acids is 1. The number of rotatable bonds is 7. The molecule has 0 amide bonds. The van der Waals surface area contributed by atoms with Gasteiger partial charge in [0.2, 0.25) is 10.0 Å². The predicted molar refractivity (Wildman–Crippen MR) is 124 cm³/mol. The minimum absolute atomic E-state index is 0.0833. The molecule has 0 bridgehead atoms. The summed E-state index contributed by atoms with van der Waals surface area (Å²) in [6, 6.07) is 10.5. The summed E-state index contributed by atoms with van der Waals surface area (Å²) in [4.78, 5) is 11.1. The van der Waals surface area contributed by atoms with Gasteiger partial charge >= 0.3 is 5.97 Å². The molecule has 2 aromatic carbocycles. The van der Waals surface area contributed by atoms with Gasteiger partial charge in [-0.2, -0.15) is 4.31 Å². The van der Waals surface area contributed by atoms with Gasteiger partial charge in [-0.05, 0) is 37.5 Å². The number of hydrogen-bond acceptors (Lipinski definition) is 5. The first kappa shape index (κ1) is 25.7. The third kappa shape index (κ3) is 5.25. The Kier molecular flexibility index (Phi) is 7.56. The molecule has 35 heavy (non-hydrogen) atoms. The van der Waals surface area contributed by atoms with E-state index < -0.39 is 45.1 Å². The molecule has 0 saturated carbocycles. The number of aliphatic carboxylic acids is 1. The summed E-state index contributed by atoms with van der Waals surface area (Å²) in [7, 11) is -3.82. The van der Waals surface area contributed by atoms with Gasteiger partial charge in [0.1, 0.15) is 29.1 Å². The van der Waals surface area contributed by atoms with E-state index in [-0.39, 0.29) is 49.8 Å². The maximum Gasteiger partial charge on any atom is 0.329 e. The zero-order chi connectivity index (χ0) is 25.2. The molecule has 2 aliphatic rings. The minimum atomic E-state index is -3.82. The quantitative estimate of drug-likeness (QED) is 0.604. The van der Waals surface area contributed by atoms with Crippen LogP contribution in [0.25, 0.3) is 0 Å². The minimum Gasteiger partial charge on any atom is -0.480 e. The summed E-state index contributed by atoms with van der Waals surface area (Å²) < 4.78 is 69.7. The van der Waals surface area contributed by atoms with Gasteiger partial charge in [-0.25, -0.2) is 22.0 Å². The number of nitrogens with zero attached hydrogens (tertiary/aromatic N) is 1. The van der Waals surface area contributed by atoms with Crippen LogP contribution in [0.2, 0.25) is 0 Å². The fraction of sp³-hybridized carbons (Fsp3) is 0.480. The Labute approximate surface area is 203 Å². The van der Waals surface area contributed by atoms with Crippen molar-refractivity contribution in [1.29, 1.82) is 0 Å². The van der Waals surface area contributed by atoms with Gasteiger partial charge in [-0.1, -0.05) is 30.3 Å². The monoisotopic (exact) mass is 509 g/mol. The van der Waals surface area contributed by atoms with Crippen molar-refractivity contribution >= 4 is 16.0 Å². The molecule has 2 heterocycles. The molecular weight excluding hydrogens is 480 g/mol. The molecule has 2 fully saturated rings. The van der Waals surface area contributed by atoms with Crippen LogP contribution >= 0.6 is 0 Å². The predicted octanol–water partition coefficient (Wildman–Crippen LogP) is 4.13. The van der Waals surface area contributed by atoms with Crippen LogP contribution in [0.4, 0.5) is 8.78 Å². The standard InChI is InChI=1S/C25H29F2NO6S/c1-17-7-8-23(18-5-3-2-4-6-18)35(31,32)28(17)15-19-13-22(27)20(14-21(19)26)25(34-16-24(29)30)9-11-33-12-10-25/h2-6,13-14,17,23H,7-12,15-16H2,1H3,(H,29,30)/t17-,23+/m0/s1. The number of carbonyl (C=O) groups is 1. The number of hydrogen-bond donors (Lipinski definition) is 1. The molecule has 7 nitrogen and oxygen atoms in total. The molecule has 4 rings (SSSR count). The molecule has 190 valence electrons. The van der Waals surface area contributed by atoms with Crippen molar-refractivity contribution in [2.24, 2.45) is 0 Å². The number of carboxylic acid groups (broad SMARTS) is 1. The van der Waals surface area contributed by atoms with Gasteiger partial charge in [0.25, 0.3) is 0 Å². The first-order valence-electron chi connectivity index (χ1n) is 11.6. The molecule has 1 N–H and O–H groups in total. The topological polar surface area (TPSA) is 93.1 Å². The molecule has 0 aliphatic carbocycles. The molecular formula is C25H29F2NO6S. The molecule has 0 spiro atoms. The summed E-state index contributed by atoms with van der Waals surface area (Å²) in [5.74, 6) is -2.75. The van der Waals surface area contributed by atoms with Crippen LogP contribution in [0.5, 0.6) is 0 Å². The van der Waals surface area contributed by atoms with Gasteiger partial charge in [0.05, 0.1) is 0 Å². The molecule has 2 aliphatic heterocycles. The van der Waals surface area contributed by atoms with E-state index in [2.05, 4.69) is 0 Å². The Morgan fingerprint density at radius 3 is 2.49 bits per heavy atom. The van der Waals surface area contributed by atoms with E-state index in [1.165, 1.54) is 4.31 Å². The summed E-state index contributed by atoms with van der Waals surface area (Å²) in [6.07, 6.45) is 1.39. The van der Waals surface area contributed by atoms with Crippen molar-refractivity contribution in [2.45, 2.75) is 56.0 Å². The van der Waals surface area contributed by atoms with Crippen molar-refractivity contribution in [3.05, 3.63) is 70.8 Å². The lowest BCUT2D eigenvalue weighted by atomic mass is 9.85. The summed E-state index contributed by atoms with van der Waals surface area (Å²) in [6.45, 7) is 1.23. The lowest BCUT2D eigenvalue weighted by Gasteiger charge is -2.38. The van der Waals surface area contributed by atoms with E-state index in [0.717, 1.165) is 12.1 Å². The molecule has 0 unspecified atom stereocenters. The maximum absolute atomic E-state index is 15.4. The van der Waals surface area contributed by atoms with Gasteiger partial charge in [-0.3, -0.25) is 0 Å². The van der Waals surface area contributed by atoms with E-state index in [1.807, 2.05) is 6.07 Å². The van der Waals surface area contributed by atoms with Gasteiger partial charge in [0, 0.05) is 49.8 Å². The SMILES string of the molecule is C[C@H]1CC[C@H](c2ccccc2)S(=O)(=O)N1Cc1cc(F)c(C2(OCC(=O)O)CCOCC2)cc1F. The largest absolute Gasteiger partial charge is 0.480 e. The highest BCUT2D eigenvalue weighted by atomic mass is 32.2. The Morgan fingerprint density at radius 2 is 1.83 bits per heavy atom. The molecule has 2 aromatic rings. The highest BCUT2D eigenvalue weighted by Crippen LogP contribution is 2.41. The second-order valence-electron chi connectivity index (χ2n) is 9.13. The van der Waals surface area contributed by atoms with Gasteiger partial charge in [0.15, 0.2) is 0 Å². The smallest absolute Gasteiger partial charge is 0.329 e. The lowest BCUT2D eigenvalue weighted by molar-refractivity contribution is -0.160. The fourth-order valence-corrected chi connectivity index (χ4v) is 7.16. The first-order chi connectivity index (χ1) is 16.6. The number of benzene rings is 2. The highest BCUT2D eigenvalue weighted by Gasteiger charge is 2.42. The second kappa shape index (κ2) is 10.3. The second-order valence-corrected chi connectivity index (χ2v) is 11.2. The van der Waals surface area contributed by atoms with Crippen molar-refractivity contribution < 1.29 is 36.6 Å². The number of halogens is 2. The molecule has 2 atom stereocenters. The van der Waals surface area contributed by atoms with E-state index in [0.29, 0.717) is 18.4 Å². The van der Waals surface area contributed by atoms with Crippen LogP contribution in [0, 0.1) is 11.6 Å². The maximum atomic E-state index is 15.4. The normalized spacial score (nSPS) is 24.2. The number of ether oxygens (including phenoxy) is 2. The molecule has 0 radical (unpaired) electrons. The van der Waals surface area contributed by atoms with Gasteiger partial charge < -0.3 is 14.6 Å². The molecule has 2 saturated heterocycles. The van der Waals surface area contributed by atoms with E-state index in [4.69, 9.17) is 14.6 Å². The van der Waals surface area contributed by atoms with Crippen LogP contribution in [0.15, 0.2) is 42.5 Å². The average molecular weight is 510 g/mol. The van der Waals surface area contributed by atoms with Crippen molar-refractivity contribution in [2.75, 3.05) is 19.8 Å². The summed E-state index contributed by atoms with van der Waals surface area (Å²) in [5.41, 5.74) is -0.831. The van der Waals surface area contributed by atoms with E-state index in [9.17, 15) is 13.2 Å². The fourth-order valence-electron chi connectivity index (χ4n) is 4.97. The van der Waals surface area contributed by atoms with Crippen LogP contribution in [0.1, 0.15) is 54.5 Å².